The van der Waals surface area contributed by atoms with Gasteiger partial charge in [-0.15, -0.1) is 0 Å². The maximum Gasteiger partial charge on any atom is 0.347 e. The van der Waals surface area contributed by atoms with Crippen molar-refractivity contribution in [3.05, 3.63) is 59.5 Å². The van der Waals surface area contributed by atoms with E-state index in [2.05, 4.69) is 22.1 Å². The van der Waals surface area contributed by atoms with Gasteiger partial charge in [-0.2, -0.15) is 0 Å². The number of hydrogen-bond donors (Lipinski definition) is 1. The lowest BCUT2D eigenvalue weighted by Gasteiger charge is -2.16. The molecule has 1 saturated heterocycles. The molecule has 152 valence electrons. The van der Waals surface area contributed by atoms with Crippen molar-refractivity contribution in [1.29, 1.82) is 0 Å². The Labute approximate surface area is 173 Å². The molecule has 2 aliphatic heterocycles. The van der Waals surface area contributed by atoms with Gasteiger partial charge in [-0.1, -0.05) is 24.3 Å². The predicted molar refractivity (Wildman–Crippen MR) is 114 cm³/mol. The molecule has 0 saturated carbocycles. The van der Waals surface area contributed by atoms with Crippen molar-refractivity contribution in [2.75, 3.05) is 24.6 Å². The molecule has 0 radical (unpaired) electrons. The van der Waals surface area contributed by atoms with Crippen molar-refractivity contribution in [3.8, 4) is 5.75 Å². The van der Waals surface area contributed by atoms with Gasteiger partial charge in [0, 0.05) is 48.5 Å². The maximum atomic E-state index is 12.7. The van der Waals surface area contributed by atoms with Crippen molar-refractivity contribution >= 4 is 35.5 Å². The minimum atomic E-state index is -0.596. The Bertz CT molecular complexity index is 1110. The van der Waals surface area contributed by atoms with E-state index < -0.39 is 5.97 Å². The number of hydrogen-bond acceptors (Lipinski definition) is 7. The van der Waals surface area contributed by atoms with Gasteiger partial charge < -0.3 is 19.2 Å². The first-order valence-electron chi connectivity index (χ1n) is 9.99. The number of carbonyl (C=O) groups excluding carboxylic acids is 1. The summed E-state index contributed by atoms with van der Waals surface area (Å²) in [6, 6.07) is 3.73. The van der Waals surface area contributed by atoms with Crippen molar-refractivity contribution < 1.29 is 19.1 Å². The van der Waals surface area contributed by atoms with Crippen LogP contribution in [-0.4, -0.2) is 42.0 Å². The molecule has 2 atom stereocenters. The molecule has 0 amide bonds. The number of anilines is 1. The molecule has 0 spiro atoms. The number of ether oxygens (including phenoxy) is 1. The first kappa shape index (κ1) is 18.4. The van der Waals surface area contributed by atoms with Crippen LogP contribution in [0.25, 0.3) is 11.6 Å². The Balaban J connectivity index is 1.55. The number of rotatable bonds is 4. The molecular formula is C23H21N3O4. The molecule has 2 aromatic heterocycles. The van der Waals surface area contributed by atoms with Gasteiger partial charge in [-0.05, 0) is 25.1 Å². The monoisotopic (exact) mass is 403 g/mol. The van der Waals surface area contributed by atoms with E-state index in [1.807, 2.05) is 29.2 Å². The van der Waals surface area contributed by atoms with Crippen LogP contribution in [0, 0.1) is 11.8 Å². The van der Waals surface area contributed by atoms with Gasteiger partial charge in [0.05, 0.1) is 6.61 Å². The number of aliphatic imine (C=N–C) groups is 1. The van der Waals surface area contributed by atoms with Crippen molar-refractivity contribution in [1.82, 2.24) is 4.98 Å². The van der Waals surface area contributed by atoms with Crippen LogP contribution < -0.4 is 4.90 Å². The highest BCUT2D eigenvalue weighted by atomic mass is 16.5. The Kier molecular flexibility index (Phi) is 4.50. The second kappa shape index (κ2) is 7.33. The van der Waals surface area contributed by atoms with Crippen LogP contribution in [0.4, 0.5) is 11.7 Å². The number of allylic oxidation sites excluding steroid dienone is 3. The molecule has 5 rings (SSSR count). The van der Waals surface area contributed by atoms with Gasteiger partial charge in [0.2, 0.25) is 5.88 Å². The normalized spacial score (nSPS) is 22.6. The lowest BCUT2D eigenvalue weighted by molar-refractivity contribution is 0.0523. The Hall–Kier alpha value is -3.61. The minimum absolute atomic E-state index is 0.0663. The Morgan fingerprint density at radius 1 is 1.33 bits per heavy atom. The lowest BCUT2D eigenvalue weighted by atomic mass is 9.92. The summed E-state index contributed by atoms with van der Waals surface area (Å²) in [6.45, 7) is 3.35. The molecule has 7 heteroatoms. The molecule has 2 aromatic rings. The van der Waals surface area contributed by atoms with E-state index in [9.17, 15) is 9.90 Å². The molecule has 1 aliphatic carbocycles. The van der Waals surface area contributed by atoms with Gasteiger partial charge in [0.15, 0.2) is 22.9 Å². The van der Waals surface area contributed by atoms with Gasteiger partial charge in [0.1, 0.15) is 0 Å². The summed E-state index contributed by atoms with van der Waals surface area (Å²) in [6.07, 6.45) is 13.4. The molecule has 1 fully saturated rings. The van der Waals surface area contributed by atoms with Crippen molar-refractivity contribution in [2.45, 2.75) is 6.92 Å². The summed E-state index contributed by atoms with van der Waals surface area (Å²) in [5.41, 5.74) is 1.66. The first-order valence-corrected chi connectivity index (χ1v) is 9.99. The number of furan rings is 1. The lowest BCUT2D eigenvalue weighted by Crippen LogP contribution is -2.21. The third kappa shape index (κ3) is 3.03. The predicted octanol–water partition coefficient (Wildman–Crippen LogP) is 3.99. The molecule has 7 nitrogen and oxygen atoms in total. The third-order valence-electron chi connectivity index (χ3n) is 5.61. The zero-order valence-corrected chi connectivity index (χ0v) is 16.5. The number of aromatic nitrogens is 1. The average molecular weight is 403 g/mol. The highest BCUT2D eigenvalue weighted by Crippen LogP contribution is 2.42. The van der Waals surface area contributed by atoms with Gasteiger partial charge in [-0.25, -0.2) is 14.8 Å². The summed E-state index contributed by atoms with van der Waals surface area (Å²) in [7, 11) is 0. The molecular weight excluding hydrogens is 382 g/mol. The summed E-state index contributed by atoms with van der Waals surface area (Å²) in [5, 5.41) is 10.9. The second-order valence-electron chi connectivity index (χ2n) is 7.45. The summed E-state index contributed by atoms with van der Waals surface area (Å²) < 4.78 is 11.2. The molecule has 30 heavy (non-hydrogen) atoms. The second-order valence-corrected chi connectivity index (χ2v) is 7.45. The Morgan fingerprint density at radius 3 is 2.83 bits per heavy atom. The zero-order chi connectivity index (χ0) is 20.7. The van der Waals surface area contributed by atoms with Gasteiger partial charge >= 0.3 is 5.97 Å². The van der Waals surface area contributed by atoms with E-state index in [0.29, 0.717) is 36.6 Å². The largest absolute Gasteiger partial charge is 0.504 e. The summed E-state index contributed by atoms with van der Waals surface area (Å²) in [4.78, 5) is 23.2. The van der Waals surface area contributed by atoms with Crippen LogP contribution in [0.5, 0.6) is 5.75 Å². The number of esters is 1. The molecule has 0 bridgehead atoms. The van der Waals surface area contributed by atoms with Crippen molar-refractivity contribution in [3.63, 3.8) is 0 Å². The van der Waals surface area contributed by atoms with E-state index in [1.54, 1.807) is 25.4 Å². The van der Waals surface area contributed by atoms with Crippen LogP contribution in [-0.2, 0) is 4.74 Å². The van der Waals surface area contributed by atoms with E-state index in [0.717, 1.165) is 11.1 Å². The average Bonchev–Trinajstić information content (AvgIpc) is 3.44. The van der Waals surface area contributed by atoms with E-state index in [4.69, 9.17) is 9.15 Å². The quantitative estimate of drug-likeness (QED) is 0.777. The number of carbonyl (C=O) groups is 1. The molecule has 2 unspecified atom stereocenters. The van der Waals surface area contributed by atoms with E-state index in [1.165, 1.54) is 0 Å². The van der Waals surface area contributed by atoms with Crippen LogP contribution in [0.15, 0.2) is 52.0 Å². The molecule has 1 N–H and O–H groups in total. The highest BCUT2D eigenvalue weighted by Gasteiger charge is 2.37. The van der Waals surface area contributed by atoms with Gasteiger partial charge in [0.25, 0.3) is 0 Å². The highest BCUT2D eigenvalue weighted by molar-refractivity contribution is 6.21. The van der Waals surface area contributed by atoms with Crippen LogP contribution in [0.2, 0.25) is 0 Å². The number of nitrogens with zero attached hydrogens (tertiary/aromatic N) is 3. The molecule has 0 aromatic carbocycles. The Morgan fingerprint density at radius 2 is 2.10 bits per heavy atom. The standard InChI is InChI=1S/C23H21N3O4/c1-2-29-23(28)19-20(27)18(10-16-11-25-21-17(16)8-5-9-24-21)30-22(19)26-12-14-6-3-4-7-15(14)13-26/h3-11,14-15,27H,2,12-13H2,1H3. The zero-order valence-electron chi connectivity index (χ0n) is 16.5. The van der Waals surface area contributed by atoms with E-state index in [-0.39, 0.29) is 23.7 Å². The first-order chi connectivity index (χ1) is 14.7. The number of aromatic hydroxyl groups is 1. The number of fused-ring (bicyclic) bond motifs is 2. The fourth-order valence-electron chi connectivity index (χ4n) is 4.16. The summed E-state index contributed by atoms with van der Waals surface area (Å²) >= 11 is 0. The smallest absolute Gasteiger partial charge is 0.347 e. The molecule has 3 aliphatic rings. The maximum absolute atomic E-state index is 12.7. The minimum Gasteiger partial charge on any atom is -0.504 e. The SMILES string of the molecule is CCOC(=O)c1c(N2CC3C=CC=CC3C2)oc(C=C2C=Nc3ncccc32)c1O. The van der Waals surface area contributed by atoms with Crippen LogP contribution in [0.3, 0.4) is 0 Å². The topological polar surface area (TPSA) is 88.2 Å². The fourth-order valence-corrected chi connectivity index (χ4v) is 4.16. The van der Waals surface area contributed by atoms with Gasteiger partial charge in [-0.3, -0.25) is 0 Å². The van der Waals surface area contributed by atoms with E-state index >= 15 is 0 Å². The molecule has 4 heterocycles. The summed E-state index contributed by atoms with van der Waals surface area (Å²) in [5.74, 6) is 1.03. The van der Waals surface area contributed by atoms with Crippen LogP contribution in [0.1, 0.15) is 28.6 Å². The third-order valence-corrected chi connectivity index (χ3v) is 5.61. The van der Waals surface area contributed by atoms with Crippen molar-refractivity contribution in [2.24, 2.45) is 16.8 Å². The fraction of sp³-hybridized carbons (Fsp3) is 0.261. The number of pyridine rings is 1. The van der Waals surface area contributed by atoms with Crippen LogP contribution >= 0.6 is 0 Å².